The number of nitrogens with one attached hydrogen (secondary N) is 2. The fourth-order valence-corrected chi connectivity index (χ4v) is 1.73. The van der Waals surface area contributed by atoms with E-state index in [1.165, 1.54) is 0 Å². The number of hydrogen-bond acceptors (Lipinski definition) is 4. The first-order valence-corrected chi connectivity index (χ1v) is 6.42. The van der Waals surface area contributed by atoms with Gasteiger partial charge in [-0.3, -0.25) is 0 Å². The van der Waals surface area contributed by atoms with Crippen molar-refractivity contribution >= 4 is 0 Å². The second-order valence-corrected chi connectivity index (χ2v) is 4.78. The summed E-state index contributed by atoms with van der Waals surface area (Å²) in [4.78, 5) is 11.9. The third-order valence-corrected chi connectivity index (χ3v) is 2.76. The summed E-state index contributed by atoms with van der Waals surface area (Å²) in [6.45, 7) is 5.06. The molecular weight excluding hydrogens is 240 g/mol. The molecule has 19 heavy (non-hydrogen) atoms. The molecule has 0 atom stereocenters. The molecule has 0 aromatic carbocycles. The van der Waals surface area contributed by atoms with Gasteiger partial charge in [0.05, 0.1) is 7.11 Å². The monoisotopic (exact) mass is 260 g/mol. The minimum atomic E-state index is 0.470. The lowest BCUT2D eigenvalue weighted by Gasteiger charge is -2.05. The third-order valence-electron chi connectivity index (χ3n) is 2.76. The number of H-pyrrole nitrogens is 1. The number of imidazole rings is 1. The summed E-state index contributed by atoms with van der Waals surface area (Å²) < 4.78 is 5.04. The summed E-state index contributed by atoms with van der Waals surface area (Å²) >= 11 is 0. The van der Waals surface area contributed by atoms with Crippen molar-refractivity contribution in [1.29, 1.82) is 0 Å². The Labute approximate surface area is 113 Å². The molecule has 2 N–H and O–H groups in total. The van der Waals surface area contributed by atoms with E-state index in [4.69, 9.17) is 4.74 Å². The first kappa shape index (κ1) is 13.5. The zero-order valence-corrected chi connectivity index (χ0v) is 11.6. The molecule has 0 unspecified atom stereocenters. The predicted octanol–water partition coefficient (Wildman–Crippen LogP) is 1.90. The van der Waals surface area contributed by atoms with E-state index in [0.29, 0.717) is 11.9 Å². The van der Waals surface area contributed by atoms with E-state index in [2.05, 4.69) is 34.1 Å². The third kappa shape index (κ3) is 4.06. The fourth-order valence-electron chi connectivity index (χ4n) is 1.73. The lowest BCUT2D eigenvalue weighted by atomic mass is 10.2. The molecule has 102 valence electrons. The van der Waals surface area contributed by atoms with Crippen LogP contribution in [-0.2, 0) is 13.0 Å². The van der Waals surface area contributed by atoms with Gasteiger partial charge < -0.3 is 15.0 Å². The molecule has 0 saturated heterocycles. The lowest BCUT2D eigenvalue weighted by Crippen LogP contribution is -2.21. The van der Waals surface area contributed by atoms with Gasteiger partial charge in [-0.15, -0.1) is 0 Å². The molecule has 2 heterocycles. The van der Waals surface area contributed by atoms with Crippen LogP contribution in [0.2, 0.25) is 0 Å². The van der Waals surface area contributed by atoms with Crippen molar-refractivity contribution in [2.45, 2.75) is 32.9 Å². The standard InChI is InChI=1S/C14H20N4O/c1-10(2)15-8-12-9-16-13(18-12)6-11-4-5-14(19-3)17-7-11/h4-5,7,9-10,15H,6,8H2,1-3H3,(H,16,18). The quantitative estimate of drug-likeness (QED) is 0.832. The smallest absolute Gasteiger partial charge is 0.212 e. The molecule has 0 fully saturated rings. The van der Waals surface area contributed by atoms with E-state index >= 15 is 0 Å². The maximum Gasteiger partial charge on any atom is 0.212 e. The van der Waals surface area contributed by atoms with Crippen LogP contribution in [-0.4, -0.2) is 28.1 Å². The van der Waals surface area contributed by atoms with Gasteiger partial charge in [-0.05, 0) is 5.56 Å². The molecule has 0 bridgehead atoms. The SMILES string of the molecule is COc1ccc(Cc2ncc(CNC(C)C)[nH]2)cn1. The highest BCUT2D eigenvalue weighted by Gasteiger charge is 2.03. The predicted molar refractivity (Wildman–Crippen MR) is 74.2 cm³/mol. The molecule has 5 nitrogen and oxygen atoms in total. The maximum absolute atomic E-state index is 5.04. The van der Waals surface area contributed by atoms with Gasteiger partial charge in [0.15, 0.2) is 0 Å². The summed E-state index contributed by atoms with van der Waals surface area (Å²) in [7, 11) is 1.61. The van der Waals surface area contributed by atoms with E-state index in [-0.39, 0.29) is 0 Å². The van der Waals surface area contributed by atoms with E-state index < -0.39 is 0 Å². The number of nitrogens with zero attached hydrogens (tertiary/aromatic N) is 2. The average Bonchev–Trinajstić information content (AvgIpc) is 2.85. The number of pyridine rings is 1. The van der Waals surface area contributed by atoms with Crippen molar-refractivity contribution in [1.82, 2.24) is 20.3 Å². The summed E-state index contributed by atoms with van der Waals surface area (Å²) in [5.41, 5.74) is 2.21. The minimum absolute atomic E-state index is 0.470. The number of rotatable bonds is 6. The molecular formula is C14H20N4O. The zero-order valence-electron chi connectivity index (χ0n) is 11.6. The van der Waals surface area contributed by atoms with Crippen molar-refractivity contribution in [3.05, 3.63) is 41.6 Å². The van der Waals surface area contributed by atoms with Crippen LogP contribution >= 0.6 is 0 Å². The Morgan fingerprint density at radius 2 is 2.11 bits per heavy atom. The van der Waals surface area contributed by atoms with Gasteiger partial charge in [0.25, 0.3) is 0 Å². The van der Waals surface area contributed by atoms with Gasteiger partial charge in [0.2, 0.25) is 5.88 Å². The zero-order chi connectivity index (χ0) is 13.7. The molecule has 2 aromatic heterocycles. The van der Waals surface area contributed by atoms with Crippen molar-refractivity contribution in [2.75, 3.05) is 7.11 Å². The Morgan fingerprint density at radius 1 is 1.26 bits per heavy atom. The molecule has 0 amide bonds. The van der Waals surface area contributed by atoms with Gasteiger partial charge in [0.1, 0.15) is 5.82 Å². The van der Waals surface area contributed by atoms with Crippen molar-refractivity contribution < 1.29 is 4.74 Å². The van der Waals surface area contributed by atoms with Crippen LogP contribution in [0.1, 0.15) is 30.9 Å². The Bertz CT molecular complexity index is 504. The Hall–Kier alpha value is -1.88. The minimum Gasteiger partial charge on any atom is -0.481 e. The molecule has 0 aliphatic carbocycles. The van der Waals surface area contributed by atoms with Gasteiger partial charge in [-0.1, -0.05) is 19.9 Å². The van der Waals surface area contributed by atoms with E-state index in [1.54, 1.807) is 7.11 Å². The van der Waals surface area contributed by atoms with E-state index in [9.17, 15) is 0 Å². The molecule has 0 saturated carbocycles. The summed E-state index contributed by atoms with van der Waals surface area (Å²) in [5, 5.41) is 3.35. The maximum atomic E-state index is 5.04. The highest BCUT2D eigenvalue weighted by atomic mass is 16.5. The summed E-state index contributed by atoms with van der Waals surface area (Å²) in [6.07, 6.45) is 4.44. The molecule has 0 spiro atoms. The first-order chi connectivity index (χ1) is 9.17. The topological polar surface area (TPSA) is 62.8 Å². The number of methoxy groups -OCH3 is 1. The number of aromatic amines is 1. The normalized spacial score (nSPS) is 10.9. The number of hydrogen-bond donors (Lipinski definition) is 2. The lowest BCUT2D eigenvalue weighted by molar-refractivity contribution is 0.397. The number of aromatic nitrogens is 3. The molecule has 0 radical (unpaired) electrons. The van der Waals surface area contributed by atoms with Crippen LogP contribution in [0.25, 0.3) is 0 Å². The largest absolute Gasteiger partial charge is 0.481 e. The average molecular weight is 260 g/mol. The molecule has 2 rings (SSSR count). The van der Waals surface area contributed by atoms with Crippen LogP contribution in [0.15, 0.2) is 24.5 Å². The fraction of sp³-hybridized carbons (Fsp3) is 0.429. The highest BCUT2D eigenvalue weighted by Crippen LogP contribution is 2.10. The molecule has 5 heteroatoms. The van der Waals surface area contributed by atoms with Crippen LogP contribution in [0.3, 0.4) is 0 Å². The molecule has 0 aliphatic rings. The van der Waals surface area contributed by atoms with Gasteiger partial charge in [0, 0.05) is 43.2 Å². The van der Waals surface area contributed by atoms with Crippen LogP contribution < -0.4 is 10.1 Å². The first-order valence-electron chi connectivity index (χ1n) is 6.42. The second kappa shape index (κ2) is 6.33. The van der Waals surface area contributed by atoms with Crippen molar-refractivity contribution in [3.8, 4) is 5.88 Å². The van der Waals surface area contributed by atoms with Crippen molar-refractivity contribution in [2.24, 2.45) is 0 Å². The molecule has 0 aliphatic heterocycles. The van der Waals surface area contributed by atoms with Crippen molar-refractivity contribution in [3.63, 3.8) is 0 Å². The van der Waals surface area contributed by atoms with E-state index in [1.807, 2.05) is 24.5 Å². The van der Waals surface area contributed by atoms with Crippen LogP contribution in [0.4, 0.5) is 0 Å². The summed E-state index contributed by atoms with van der Waals surface area (Å²) in [6, 6.07) is 4.33. The van der Waals surface area contributed by atoms with Crippen LogP contribution in [0.5, 0.6) is 5.88 Å². The second-order valence-electron chi connectivity index (χ2n) is 4.78. The molecule has 2 aromatic rings. The summed E-state index contributed by atoms with van der Waals surface area (Å²) in [5.74, 6) is 1.58. The number of ether oxygens (including phenoxy) is 1. The van der Waals surface area contributed by atoms with E-state index in [0.717, 1.165) is 30.0 Å². The van der Waals surface area contributed by atoms with Gasteiger partial charge in [-0.25, -0.2) is 9.97 Å². The van der Waals surface area contributed by atoms with Gasteiger partial charge >= 0.3 is 0 Å². The Balaban J connectivity index is 1.95. The van der Waals surface area contributed by atoms with Gasteiger partial charge in [-0.2, -0.15) is 0 Å². The van der Waals surface area contributed by atoms with Crippen LogP contribution in [0, 0.1) is 0 Å². The highest BCUT2D eigenvalue weighted by molar-refractivity contribution is 5.21. The Kier molecular flexibility index (Phi) is 4.52. The Morgan fingerprint density at radius 3 is 2.74 bits per heavy atom.